The first-order valence-corrected chi connectivity index (χ1v) is 13.1. The van der Waals surface area contributed by atoms with Gasteiger partial charge in [0.15, 0.2) is 5.60 Å². The van der Waals surface area contributed by atoms with Gasteiger partial charge in [-0.3, -0.25) is 0 Å². The monoisotopic (exact) mass is 482 g/mol. The highest BCUT2D eigenvalue weighted by Crippen LogP contribution is 2.61. The van der Waals surface area contributed by atoms with Gasteiger partial charge in [0, 0.05) is 13.2 Å². The zero-order valence-electron chi connectivity index (χ0n) is 21.2. The summed E-state index contributed by atoms with van der Waals surface area (Å²) in [6, 6.07) is 6.72. The molecule has 0 aliphatic heterocycles. The Balaban J connectivity index is 1.32. The van der Waals surface area contributed by atoms with E-state index in [0.29, 0.717) is 30.8 Å². The number of alkyl halides is 3. The van der Waals surface area contributed by atoms with Crippen LogP contribution in [0.15, 0.2) is 18.2 Å². The lowest BCUT2D eigenvalue weighted by Gasteiger charge is -2.50. The van der Waals surface area contributed by atoms with Crippen LogP contribution in [0.4, 0.5) is 13.2 Å². The Bertz CT molecular complexity index is 837. The minimum absolute atomic E-state index is 0.0603. The van der Waals surface area contributed by atoms with E-state index in [9.17, 15) is 13.2 Å². The van der Waals surface area contributed by atoms with E-state index in [0.717, 1.165) is 51.9 Å². The number of hydrogen-bond acceptors (Lipinski definition) is 3. The Kier molecular flexibility index (Phi) is 7.59. The number of hydrogen-bond donors (Lipinski definition) is 0. The Morgan fingerprint density at radius 1 is 1.03 bits per heavy atom. The number of rotatable bonds is 9. The van der Waals surface area contributed by atoms with Crippen molar-refractivity contribution in [3.8, 4) is 5.75 Å². The first-order chi connectivity index (χ1) is 16.1. The maximum absolute atomic E-state index is 13.0. The van der Waals surface area contributed by atoms with Gasteiger partial charge in [0.2, 0.25) is 0 Å². The molecule has 5 atom stereocenters. The van der Waals surface area contributed by atoms with Gasteiger partial charge in [0.25, 0.3) is 0 Å². The van der Waals surface area contributed by atoms with E-state index in [1.54, 1.807) is 0 Å². The van der Waals surface area contributed by atoms with Gasteiger partial charge in [0.05, 0.1) is 12.7 Å². The van der Waals surface area contributed by atoms with Crippen LogP contribution >= 0.6 is 0 Å². The fourth-order valence-electron chi connectivity index (χ4n) is 6.79. The first-order valence-electron chi connectivity index (χ1n) is 13.1. The van der Waals surface area contributed by atoms with Gasteiger partial charge in [-0.2, -0.15) is 13.2 Å². The molecule has 0 heterocycles. The number of aryl methyl sites for hydroxylation is 1. The van der Waals surface area contributed by atoms with E-state index in [4.69, 9.17) is 14.2 Å². The van der Waals surface area contributed by atoms with E-state index >= 15 is 0 Å². The quantitative estimate of drug-likeness (QED) is 0.342. The van der Waals surface area contributed by atoms with Crippen molar-refractivity contribution in [3.05, 3.63) is 29.3 Å². The molecular weight excluding hydrogens is 441 g/mol. The molecule has 192 valence electrons. The van der Waals surface area contributed by atoms with Crippen molar-refractivity contribution < 1.29 is 27.4 Å². The summed E-state index contributed by atoms with van der Waals surface area (Å²) >= 11 is 0. The highest BCUT2D eigenvalue weighted by molar-refractivity contribution is 5.40. The van der Waals surface area contributed by atoms with Crippen molar-refractivity contribution in [2.45, 2.75) is 103 Å². The maximum atomic E-state index is 13.0. The SMILES string of the molecule is CCCOc1ccc2c(c1)CCC1C2CCC2(C)C(OCCCOC(C)(C)C(F)(F)F)CCC12. The van der Waals surface area contributed by atoms with Crippen LogP contribution in [0.2, 0.25) is 0 Å². The van der Waals surface area contributed by atoms with E-state index in [1.165, 1.54) is 30.4 Å². The summed E-state index contributed by atoms with van der Waals surface area (Å²) < 4.78 is 56.2. The van der Waals surface area contributed by atoms with Crippen molar-refractivity contribution in [2.75, 3.05) is 19.8 Å². The molecule has 0 radical (unpaired) electrons. The summed E-state index contributed by atoms with van der Waals surface area (Å²) in [6.07, 6.45) is 4.25. The van der Waals surface area contributed by atoms with E-state index in [-0.39, 0.29) is 18.1 Å². The molecule has 3 nitrogen and oxygen atoms in total. The van der Waals surface area contributed by atoms with E-state index in [2.05, 4.69) is 32.0 Å². The lowest BCUT2D eigenvalue weighted by atomic mass is 9.55. The molecule has 0 N–H and O–H groups in total. The van der Waals surface area contributed by atoms with Gasteiger partial charge in [-0.1, -0.05) is 19.9 Å². The molecule has 0 aromatic heterocycles. The van der Waals surface area contributed by atoms with Gasteiger partial charge in [0.1, 0.15) is 5.75 Å². The molecule has 4 rings (SSSR count). The maximum Gasteiger partial charge on any atom is 0.416 e. The second-order valence-electron chi connectivity index (χ2n) is 11.3. The first kappa shape index (κ1) is 25.8. The Morgan fingerprint density at radius 3 is 2.56 bits per heavy atom. The summed E-state index contributed by atoms with van der Waals surface area (Å²) in [5, 5.41) is 0. The van der Waals surface area contributed by atoms with Crippen LogP contribution in [0.3, 0.4) is 0 Å². The third-order valence-corrected chi connectivity index (χ3v) is 8.84. The van der Waals surface area contributed by atoms with E-state index in [1.807, 2.05) is 0 Å². The summed E-state index contributed by atoms with van der Waals surface area (Å²) in [5.74, 6) is 2.97. The summed E-state index contributed by atoms with van der Waals surface area (Å²) in [6.45, 7) is 7.96. The molecule has 0 amide bonds. The fourth-order valence-corrected chi connectivity index (χ4v) is 6.79. The zero-order valence-corrected chi connectivity index (χ0v) is 21.2. The van der Waals surface area contributed by atoms with Crippen LogP contribution < -0.4 is 4.74 Å². The molecule has 0 saturated heterocycles. The average Bonchev–Trinajstić information content (AvgIpc) is 3.12. The molecule has 0 bridgehead atoms. The topological polar surface area (TPSA) is 27.7 Å². The predicted molar refractivity (Wildman–Crippen MR) is 127 cm³/mol. The normalized spacial score (nSPS) is 31.0. The lowest BCUT2D eigenvalue weighted by Crippen LogP contribution is -2.45. The van der Waals surface area contributed by atoms with Crippen LogP contribution in [0.1, 0.15) is 89.7 Å². The molecule has 3 aliphatic rings. The van der Waals surface area contributed by atoms with Crippen molar-refractivity contribution in [1.29, 1.82) is 0 Å². The number of benzene rings is 1. The van der Waals surface area contributed by atoms with Crippen molar-refractivity contribution in [1.82, 2.24) is 0 Å². The molecule has 5 unspecified atom stereocenters. The highest BCUT2D eigenvalue weighted by atomic mass is 19.4. The minimum Gasteiger partial charge on any atom is -0.494 e. The van der Waals surface area contributed by atoms with Gasteiger partial charge in [-0.25, -0.2) is 0 Å². The van der Waals surface area contributed by atoms with Crippen LogP contribution in [0, 0.1) is 17.3 Å². The Morgan fingerprint density at radius 2 is 1.82 bits per heavy atom. The highest BCUT2D eigenvalue weighted by Gasteiger charge is 2.55. The predicted octanol–water partition coefficient (Wildman–Crippen LogP) is 7.46. The number of ether oxygens (including phenoxy) is 3. The molecule has 34 heavy (non-hydrogen) atoms. The van der Waals surface area contributed by atoms with Gasteiger partial charge in [-0.05, 0) is 112 Å². The van der Waals surface area contributed by atoms with Crippen LogP contribution in [-0.2, 0) is 15.9 Å². The molecule has 2 saturated carbocycles. The second-order valence-corrected chi connectivity index (χ2v) is 11.3. The molecular formula is C28H41F3O3. The van der Waals surface area contributed by atoms with Crippen molar-refractivity contribution >= 4 is 0 Å². The third-order valence-electron chi connectivity index (χ3n) is 8.84. The van der Waals surface area contributed by atoms with E-state index < -0.39 is 11.8 Å². The number of fused-ring (bicyclic) bond motifs is 5. The van der Waals surface area contributed by atoms with Gasteiger partial charge < -0.3 is 14.2 Å². The number of halogens is 3. The van der Waals surface area contributed by atoms with Crippen LogP contribution in [0.25, 0.3) is 0 Å². The smallest absolute Gasteiger partial charge is 0.416 e. The Hall–Kier alpha value is -1.27. The standard InChI is InChI=1S/C28H41F3O3/c1-5-15-32-20-8-10-21-19(18-20)7-9-23-22(21)13-14-27(4)24(23)11-12-25(27)33-16-6-17-34-26(2,3)28(29,30)31/h8,10,18,22-25H,5-7,9,11-17H2,1-4H3. The van der Waals surface area contributed by atoms with Gasteiger partial charge >= 0.3 is 6.18 Å². The lowest BCUT2D eigenvalue weighted by molar-refractivity contribution is -0.264. The molecule has 2 fully saturated rings. The molecule has 3 aliphatic carbocycles. The van der Waals surface area contributed by atoms with Crippen LogP contribution in [-0.4, -0.2) is 37.7 Å². The van der Waals surface area contributed by atoms with Crippen LogP contribution in [0.5, 0.6) is 5.75 Å². The largest absolute Gasteiger partial charge is 0.494 e. The average molecular weight is 483 g/mol. The fraction of sp³-hybridized carbons (Fsp3) is 0.786. The second kappa shape index (κ2) is 10.0. The zero-order chi connectivity index (χ0) is 24.6. The molecule has 1 aromatic carbocycles. The van der Waals surface area contributed by atoms with Crippen molar-refractivity contribution in [2.24, 2.45) is 17.3 Å². The molecule has 0 spiro atoms. The Labute approximate surface area is 202 Å². The third kappa shape index (κ3) is 5.00. The molecule has 1 aromatic rings. The minimum atomic E-state index is -4.36. The molecule has 6 heteroatoms. The summed E-state index contributed by atoms with van der Waals surface area (Å²) in [5.41, 5.74) is 1.03. The summed E-state index contributed by atoms with van der Waals surface area (Å²) in [7, 11) is 0. The summed E-state index contributed by atoms with van der Waals surface area (Å²) in [4.78, 5) is 0. The van der Waals surface area contributed by atoms with Gasteiger partial charge in [-0.15, -0.1) is 0 Å². The van der Waals surface area contributed by atoms with Crippen molar-refractivity contribution in [3.63, 3.8) is 0 Å².